The summed E-state index contributed by atoms with van der Waals surface area (Å²) in [4.78, 5) is 23.2. The van der Waals surface area contributed by atoms with E-state index >= 15 is 0 Å². The Labute approximate surface area is 153 Å². The minimum absolute atomic E-state index is 0.0455. The molecular formula is C19H16F3NO4. The van der Waals surface area contributed by atoms with E-state index in [2.05, 4.69) is 0 Å². The number of halogens is 3. The van der Waals surface area contributed by atoms with Crippen molar-refractivity contribution in [2.24, 2.45) is 0 Å². The number of esters is 1. The zero-order valence-electron chi connectivity index (χ0n) is 14.1. The van der Waals surface area contributed by atoms with Crippen molar-refractivity contribution in [2.45, 2.75) is 31.7 Å². The van der Waals surface area contributed by atoms with Crippen LogP contribution in [0.3, 0.4) is 0 Å². The van der Waals surface area contributed by atoms with E-state index in [0.29, 0.717) is 16.9 Å². The first-order valence-corrected chi connectivity index (χ1v) is 8.23. The first-order valence-electron chi connectivity index (χ1n) is 8.23. The minimum Gasteiger partial charge on any atom is -0.490 e. The summed E-state index contributed by atoms with van der Waals surface area (Å²) in [6, 6.07) is 12.4. The first-order chi connectivity index (χ1) is 12.8. The topological polar surface area (TPSA) is 64.6 Å². The van der Waals surface area contributed by atoms with E-state index in [4.69, 9.17) is 9.47 Å². The highest BCUT2D eigenvalue weighted by Gasteiger charge is 2.38. The number of hydrogen-bond acceptors (Lipinski definition) is 4. The van der Waals surface area contributed by atoms with Crippen LogP contribution < -0.4 is 10.1 Å². The van der Waals surface area contributed by atoms with Crippen molar-refractivity contribution in [1.82, 2.24) is 0 Å². The van der Waals surface area contributed by atoms with Crippen LogP contribution in [0, 0.1) is 0 Å². The van der Waals surface area contributed by atoms with Crippen LogP contribution in [0.25, 0.3) is 0 Å². The number of alkyl halides is 3. The van der Waals surface area contributed by atoms with Crippen LogP contribution in [0.5, 0.6) is 5.75 Å². The fourth-order valence-electron chi connectivity index (χ4n) is 2.25. The summed E-state index contributed by atoms with van der Waals surface area (Å²) >= 11 is 0. The van der Waals surface area contributed by atoms with Crippen LogP contribution in [-0.4, -0.2) is 24.2 Å². The van der Waals surface area contributed by atoms with Gasteiger partial charge in [-0.3, -0.25) is 4.79 Å². The van der Waals surface area contributed by atoms with Gasteiger partial charge in [-0.15, -0.1) is 0 Å². The fraction of sp³-hybridized carbons (Fsp3) is 0.263. The molecule has 142 valence electrons. The van der Waals surface area contributed by atoms with Crippen LogP contribution in [0.2, 0.25) is 0 Å². The molecule has 8 heteroatoms. The third-order valence-corrected chi connectivity index (χ3v) is 3.76. The molecule has 0 heterocycles. The van der Waals surface area contributed by atoms with Crippen molar-refractivity contribution in [2.75, 3.05) is 5.32 Å². The number of carbonyl (C=O) groups is 2. The molecule has 27 heavy (non-hydrogen) atoms. The monoisotopic (exact) mass is 379 g/mol. The maximum Gasteiger partial charge on any atom is 0.471 e. The summed E-state index contributed by atoms with van der Waals surface area (Å²) in [6.45, 7) is -0.203. The molecule has 0 aliphatic heterocycles. The van der Waals surface area contributed by atoms with Gasteiger partial charge in [-0.1, -0.05) is 18.2 Å². The van der Waals surface area contributed by atoms with Crippen molar-refractivity contribution in [3.63, 3.8) is 0 Å². The van der Waals surface area contributed by atoms with Gasteiger partial charge in [-0.25, -0.2) is 4.79 Å². The third-order valence-electron chi connectivity index (χ3n) is 3.76. The summed E-state index contributed by atoms with van der Waals surface area (Å²) in [6.07, 6.45) is -3.18. The van der Waals surface area contributed by atoms with Crippen molar-refractivity contribution in [3.8, 4) is 5.75 Å². The smallest absolute Gasteiger partial charge is 0.471 e. The van der Waals surface area contributed by atoms with Gasteiger partial charge in [-0.05, 0) is 43.2 Å². The maximum absolute atomic E-state index is 12.4. The average molecular weight is 379 g/mol. The zero-order chi connectivity index (χ0) is 19.4. The Morgan fingerprint density at radius 3 is 2.41 bits per heavy atom. The lowest BCUT2D eigenvalue weighted by atomic mass is 10.1. The molecule has 1 aliphatic rings. The molecule has 0 saturated heterocycles. The second kappa shape index (κ2) is 7.69. The Morgan fingerprint density at radius 1 is 1.07 bits per heavy atom. The molecule has 0 atom stereocenters. The number of anilines is 1. The molecule has 1 amide bonds. The summed E-state index contributed by atoms with van der Waals surface area (Å²) < 4.78 is 48.2. The molecule has 0 unspecified atom stereocenters. The van der Waals surface area contributed by atoms with Crippen molar-refractivity contribution in [1.29, 1.82) is 0 Å². The summed E-state index contributed by atoms with van der Waals surface area (Å²) in [5.41, 5.74) is 0.654. The number of ether oxygens (including phenoxy) is 2. The number of nitrogens with one attached hydrogen (secondary N) is 1. The number of hydrogen-bond donors (Lipinski definition) is 1. The number of amides is 1. The minimum atomic E-state index is -5.00. The van der Waals surface area contributed by atoms with Gasteiger partial charge >= 0.3 is 18.1 Å². The molecule has 0 bridgehead atoms. The van der Waals surface area contributed by atoms with Gasteiger partial charge < -0.3 is 14.8 Å². The predicted molar refractivity (Wildman–Crippen MR) is 90.3 cm³/mol. The molecular weight excluding hydrogens is 363 g/mol. The van der Waals surface area contributed by atoms with E-state index < -0.39 is 18.1 Å². The van der Waals surface area contributed by atoms with Gasteiger partial charge in [0.2, 0.25) is 0 Å². The normalized spacial score (nSPS) is 13.7. The Kier molecular flexibility index (Phi) is 5.34. The van der Waals surface area contributed by atoms with Crippen LogP contribution in [0.15, 0.2) is 48.5 Å². The van der Waals surface area contributed by atoms with Crippen molar-refractivity contribution in [3.05, 3.63) is 59.7 Å². The van der Waals surface area contributed by atoms with Crippen molar-refractivity contribution < 1.29 is 32.2 Å². The Bertz CT molecular complexity index is 833. The maximum atomic E-state index is 12.4. The SMILES string of the molecule is O=C(OCc1cc(NC(=O)C(F)(F)F)ccc1OC1CC1)c1ccccc1. The van der Waals surface area contributed by atoms with E-state index in [1.807, 2.05) is 0 Å². The molecule has 1 N–H and O–H groups in total. The molecule has 2 aromatic rings. The molecule has 0 radical (unpaired) electrons. The highest BCUT2D eigenvalue weighted by Crippen LogP contribution is 2.31. The Balaban J connectivity index is 1.74. The second-order valence-electron chi connectivity index (χ2n) is 6.03. The summed E-state index contributed by atoms with van der Waals surface area (Å²) in [5.74, 6) is -2.24. The quantitative estimate of drug-likeness (QED) is 0.768. The van der Waals surface area contributed by atoms with E-state index in [-0.39, 0.29) is 18.4 Å². The van der Waals surface area contributed by atoms with Gasteiger partial charge in [0.25, 0.3) is 0 Å². The van der Waals surface area contributed by atoms with Crippen LogP contribution in [-0.2, 0) is 16.1 Å². The number of benzene rings is 2. The van der Waals surface area contributed by atoms with E-state index in [1.54, 1.807) is 35.6 Å². The van der Waals surface area contributed by atoms with E-state index in [1.165, 1.54) is 18.2 Å². The van der Waals surface area contributed by atoms with Gasteiger partial charge in [0, 0.05) is 11.3 Å². The van der Waals surface area contributed by atoms with Crippen LogP contribution >= 0.6 is 0 Å². The Morgan fingerprint density at radius 2 is 1.78 bits per heavy atom. The van der Waals surface area contributed by atoms with Gasteiger partial charge in [0.1, 0.15) is 12.4 Å². The fourth-order valence-corrected chi connectivity index (χ4v) is 2.25. The first kappa shape index (κ1) is 18.8. The zero-order valence-corrected chi connectivity index (χ0v) is 14.1. The van der Waals surface area contributed by atoms with Gasteiger partial charge in [0.05, 0.1) is 11.7 Å². The summed E-state index contributed by atoms with van der Waals surface area (Å²) in [7, 11) is 0. The second-order valence-corrected chi connectivity index (χ2v) is 6.03. The standard InChI is InChI=1S/C19H16F3NO4/c20-19(21,22)18(25)23-14-6-9-16(27-15-7-8-15)13(10-14)11-26-17(24)12-4-2-1-3-5-12/h1-6,9-10,15H,7-8,11H2,(H,23,25). The van der Waals surface area contributed by atoms with Gasteiger partial charge in [0.15, 0.2) is 0 Å². The lowest BCUT2D eigenvalue weighted by Crippen LogP contribution is -2.29. The highest BCUT2D eigenvalue weighted by atomic mass is 19.4. The molecule has 3 rings (SSSR count). The third kappa shape index (κ3) is 5.22. The average Bonchev–Trinajstić information content (AvgIpc) is 3.45. The molecule has 1 fully saturated rings. The molecule has 0 spiro atoms. The lowest BCUT2D eigenvalue weighted by Gasteiger charge is -2.14. The Hall–Kier alpha value is -3.03. The lowest BCUT2D eigenvalue weighted by molar-refractivity contribution is -0.167. The molecule has 2 aromatic carbocycles. The molecule has 1 aliphatic carbocycles. The predicted octanol–water partition coefficient (Wildman–Crippen LogP) is 4.09. The molecule has 1 saturated carbocycles. The van der Waals surface area contributed by atoms with Crippen LogP contribution in [0.1, 0.15) is 28.8 Å². The van der Waals surface area contributed by atoms with E-state index in [9.17, 15) is 22.8 Å². The molecule has 5 nitrogen and oxygen atoms in total. The number of rotatable bonds is 6. The highest BCUT2D eigenvalue weighted by molar-refractivity contribution is 5.95. The number of carbonyl (C=O) groups excluding carboxylic acids is 2. The van der Waals surface area contributed by atoms with Crippen molar-refractivity contribution >= 4 is 17.6 Å². The van der Waals surface area contributed by atoms with Gasteiger partial charge in [-0.2, -0.15) is 13.2 Å². The van der Waals surface area contributed by atoms with Crippen LogP contribution in [0.4, 0.5) is 18.9 Å². The summed E-state index contributed by atoms with van der Waals surface area (Å²) in [5, 5.41) is 1.78. The largest absolute Gasteiger partial charge is 0.490 e. The molecule has 0 aromatic heterocycles. The van der Waals surface area contributed by atoms with E-state index in [0.717, 1.165) is 12.8 Å².